The first-order valence-corrected chi connectivity index (χ1v) is 10.9. The first-order chi connectivity index (χ1) is 16.9. The lowest BCUT2D eigenvalue weighted by Crippen LogP contribution is -2.37. The fourth-order valence-corrected chi connectivity index (χ4v) is 3.90. The molecule has 1 aliphatic heterocycles. The Hall–Kier alpha value is -4.79. The second kappa shape index (κ2) is 8.86. The largest absolute Gasteiger partial charge is 0.487 e. The molecule has 35 heavy (non-hydrogen) atoms. The Labute approximate surface area is 199 Å². The average Bonchev–Trinajstić information content (AvgIpc) is 3.09. The van der Waals surface area contributed by atoms with Gasteiger partial charge in [-0.05, 0) is 55.0 Å². The number of aromatic nitrogens is 2. The predicted molar refractivity (Wildman–Crippen MR) is 127 cm³/mol. The molecule has 3 heterocycles. The highest BCUT2D eigenvalue weighted by molar-refractivity contribution is 6.22. The fourth-order valence-electron chi connectivity index (χ4n) is 3.90. The number of imide groups is 1. The number of hydrogen-bond acceptors (Lipinski definition) is 6. The van der Waals surface area contributed by atoms with Crippen LogP contribution in [0.25, 0.3) is 5.65 Å². The summed E-state index contributed by atoms with van der Waals surface area (Å²) in [5.41, 5.74) is 2.85. The standard InChI is InChI=1S/C26H20N4O5/c1-16-5-4-12-29-23(32)13-18(28-24(16)29)15-35-19-10-8-17(9-11-19)27-22(31)14-30-25(33)20-6-2-3-7-21(20)26(30)34/h2-13H,14-15H2,1H3,(H,27,31). The summed E-state index contributed by atoms with van der Waals surface area (Å²) in [6, 6.07) is 18.2. The highest BCUT2D eigenvalue weighted by Crippen LogP contribution is 2.22. The number of amides is 3. The van der Waals surface area contributed by atoms with Gasteiger partial charge in [0, 0.05) is 18.0 Å². The quantitative estimate of drug-likeness (QED) is 0.436. The minimum Gasteiger partial charge on any atom is -0.487 e. The zero-order chi connectivity index (χ0) is 24.5. The van der Waals surface area contributed by atoms with Crippen molar-refractivity contribution >= 4 is 29.1 Å². The number of rotatable bonds is 6. The molecule has 2 aromatic carbocycles. The van der Waals surface area contributed by atoms with Gasteiger partial charge in [0.15, 0.2) is 0 Å². The van der Waals surface area contributed by atoms with Crippen molar-refractivity contribution in [1.29, 1.82) is 0 Å². The van der Waals surface area contributed by atoms with Gasteiger partial charge in [-0.2, -0.15) is 0 Å². The van der Waals surface area contributed by atoms with Gasteiger partial charge in [0.1, 0.15) is 24.5 Å². The highest BCUT2D eigenvalue weighted by atomic mass is 16.5. The molecule has 0 aliphatic carbocycles. The van der Waals surface area contributed by atoms with Crippen LogP contribution in [0.5, 0.6) is 5.75 Å². The van der Waals surface area contributed by atoms with E-state index in [0.717, 1.165) is 10.5 Å². The number of carbonyl (C=O) groups excluding carboxylic acids is 3. The van der Waals surface area contributed by atoms with Gasteiger partial charge in [-0.25, -0.2) is 4.98 Å². The molecule has 0 saturated heterocycles. The van der Waals surface area contributed by atoms with E-state index in [1.165, 1.54) is 10.5 Å². The predicted octanol–water partition coefficient (Wildman–Crippen LogP) is 2.82. The minimum atomic E-state index is -0.496. The van der Waals surface area contributed by atoms with E-state index in [0.29, 0.717) is 33.9 Å². The first-order valence-electron chi connectivity index (χ1n) is 10.9. The smallest absolute Gasteiger partial charge is 0.262 e. The molecule has 0 saturated carbocycles. The molecule has 0 fully saturated rings. The monoisotopic (exact) mass is 468 g/mol. The summed E-state index contributed by atoms with van der Waals surface area (Å²) in [5, 5.41) is 2.67. The van der Waals surface area contributed by atoms with E-state index in [9.17, 15) is 19.2 Å². The number of aryl methyl sites for hydroxylation is 1. The van der Waals surface area contributed by atoms with Crippen LogP contribution >= 0.6 is 0 Å². The topological polar surface area (TPSA) is 110 Å². The van der Waals surface area contributed by atoms with Gasteiger partial charge in [-0.3, -0.25) is 28.5 Å². The Morgan fingerprint density at radius 3 is 2.31 bits per heavy atom. The number of carbonyl (C=O) groups is 3. The maximum absolute atomic E-state index is 12.4. The molecule has 1 aliphatic rings. The molecule has 0 bridgehead atoms. The molecule has 9 nitrogen and oxygen atoms in total. The second-order valence-corrected chi connectivity index (χ2v) is 8.07. The third-order valence-corrected chi connectivity index (χ3v) is 5.64. The van der Waals surface area contributed by atoms with Gasteiger partial charge in [0.2, 0.25) is 5.91 Å². The Kier molecular flexibility index (Phi) is 5.58. The number of nitrogens with zero attached hydrogens (tertiary/aromatic N) is 3. The summed E-state index contributed by atoms with van der Waals surface area (Å²) in [5.74, 6) is -0.942. The van der Waals surface area contributed by atoms with Crippen molar-refractivity contribution in [3.63, 3.8) is 0 Å². The van der Waals surface area contributed by atoms with Crippen LogP contribution < -0.4 is 15.6 Å². The molecule has 0 atom stereocenters. The Balaban J connectivity index is 1.20. The number of anilines is 1. The minimum absolute atomic E-state index is 0.103. The van der Waals surface area contributed by atoms with E-state index in [2.05, 4.69) is 10.3 Å². The molecule has 5 rings (SSSR count). The van der Waals surface area contributed by atoms with Crippen molar-refractivity contribution in [3.8, 4) is 5.75 Å². The summed E-state index contributed by atoms with van der Waals surface area (Å²) in [6.07, 6.45) is 1.67. The van der Waals surface area contributed by atoms with Crippen LogP contribution in [0.15, 0.2) is 77.7 Å². The zero-order valence-electron chi connectivity index (χ0n) is 18.7. The Bertz CT molecular complexity index is 1510. The maximum Gasteiger partial charge on any atom is 0.262 e. The van der Waals surface area contributed by atoms with Crippen LogP contribution in [0.4, 0.5) is 5.69 Å². The molecule has 2 aromatic heterocycles. The lowest BCUT2D eigenvalue weighted by molar-refractivity contribution is -0.116. The molecule has 0 radical (unpaired) electrons. The molecule has 1 N–H and O–H groups in total. The second-order valence-electron chi connectivity index (χ2n) is 8.07. The molecule has 9 heteroatoms. The Morgan fingerprint density at radius 1 is 0.943 bits per heavy atom. The van der Waals surface area contributed by atoms with Gasteiger partial charge < -0.3 is 10.1 Å². The fraction of sp³-hybridized carbons (Fsp3) is 0.115. The summed E-state index contributed by atoms with van der Waals surface area (Å²) in [7, 11) is 0. The average molecular weight is 468 g/mol. The number of pyridine rings is 1. The summed E-state index contributed by atoms with van der Waals surface area (Å²) >= 11 is 0. The molecule has 3 amide bonds. The number of ether oxygens (including phenoxy) is 1. The Morgan fingerprint density at radius 2 is 1.63 bits per heavy atom. The molecule has 174 valence electrons. The number of nitrogens with one attached hydrogen (secondary N) is 1. The normalized spacial score (nSPS) is 12.7. The van der Waals surface area contributed by atoms with Crippen molar-refractivity contribution in [2.75, 3.05) is 11.9 Å². The molecular formula is C26H20N4O5. The van der Waals surface area contributed by atoms with E-state index >= 15 is 0 Å². The molecule has 0 unspecified atom stereocenters. The summed E-state index contributed by atoms with van der Waals surface area (Å²) in [4.78, 5) is 55.0. The third-order valence-electron chi connectivity index (χ3n) is 5.64. The van der Waals surface area contributed by atoms with Crippen LogP contribution in [-0.4, -0.2) is 38.6 Å². The van der Waals surface area contributed by atoms with Crippen LogP contribution in [-0.2, 0) is 11.4 Å². The lowest BCUT2D eigenvalue weighted by atomic mass is 10.1. The summed E-state index contributed by atoms with van der Waals surface area (Å²) in [6.45, 7) is 1.60. The van der Waals surface area contributed by atoms with Gasteiger partial charge in [-0.15, -0.1) is 0 Å². The van der Waals surface area contributed by atoms with Crippen LogP contribution in [0.2, 0.25) is 0 Å². The molecule has 4 aromatic rings. The van der Waals surface area contributed by atoms with E-state index in [4.69, 9.17) is 4.74 Å². The van der Waals surface area contributed by atoms with E-state index in [1.807, 2.05) is 13.0 Å². The lowest BCUT2D eigenvalue weighted by Gasteiger charge is -2.14. The van der Waals surface area contributed by atoms with Crippen LogP contribution in [0.1, 0.15) is 32.0 Å². The molecular weight excluding hydrogens is 448 g/mol. The van der Waals surface area contributed by atoms with Gasteiger partial charge in [-0.1, -0.05) is 18.2 Å². The summed E-state index contributed by atoms with van der Waals surface area (Å²) < 4.78 is 7.23. The van der Waals surface area contributed by atoms with Crippen LogP contribution in [0, 0.1) is 6.92 Å². The van der Waals surface area contributed by atoms with Gasteiger partial charge in [0.05, 0.1) is 16.8 Å². The van der Waals surface area contributed by atoms with Gasteiger partial charge in [0.25, 0.3) is 17.4 Å². The van der Waals surface area contributed by atoms with Crippen molar-refractivity contribution < 1.29 is 19.1 Å². The number of fused-ring (bicyclic) bond motifs is 2. The zero-order valence-corrected chi connectivity index (χ0v) is 18.7. The van der Waals surface area contributed by atoms with Crippen molar-refractivity contribution in [2.45, 2.75) is 13.5 Å². The van der Waals surface area contributed by atoms with Crippen molar-refractivity contribution in [1.82, 2.24) is 14.3 Å². The third kappa shape index (κ3) is 4.26. The van der Waals surface area contributed by atoms with E-state index < -0.39 is 17.7 Å². The number of hydrogen-bond donors (Lipinski definition) is 1. The van der Waals surface area contributed by atoms with E-state index in [-0.39, 0.29) is 18.7 Å². The number of benzene rings is 2. The van der Waals surface area contributed by atoms with Crippen molar-refractivity contribution in [3.05, 3.63) is 106 Å². The van der Waals surface area contributed by atoms with Crippen molar-refractivity contribution in [2.24, 2.45) is 0 Å². The van der Waals surface area contributed by atoms with Gasteiger partial charge >= 0.3 is 0 Å². The highest BCUT2D eigenvalue weighted by Gasteiger charge is 2.36. The SMILES string of the molecule is Cc1cccn2c(=O)cc(COc3ccc(NC(=O)CN4C(=O)c5ccccc5C4=O)cc3)nc12. The van der Waals surface area contributed by atoms with Crippen LogP contribution in [0.3, 0.4) is 0 Å². The first kappa shape index (κ1) is 22.0. The molecule has 0 spiro atoms. The van der Waals surface area contributed by atoms with E-state index in [1.54, 1.807) is 60.8 Å². The maximum atomic E-state index is 12.4.